The van der Waals surface area contributed by atoms with Crippen molar-refractivity contribution < 1.29 is 27.5 Å². The second kappa shape index (κ2) is 13.2. The van der Waals surface area contributed by atoms with Gasteiger partial charge < -0.3 is 24.4 Å². The molecule has 0 radical (unpaired) electrons. The Morgan fingerprint density at radius 1 is 1.10 bits per heavy atom. The number of aromatic nitrogens is 7. The fourth-order valence-electron chi connectivity index (χ4n) is 6.16. The van der Waals surface area contributed by atoms with Crippen LogP contribution in [0.25, 0.3) is 16.9 Å². The maximum atomic E-state index is 14.2. The molecule has 7 rings (SSSR count). The van der Waals surface area contributed by atoms with Gasteiger partial charge in [0.05, 0.1) is 46.9 Å². The molecule has 260 valence electrons. The zero-order valence-corrected chi connectivity index (χ0v) is 27.4. The van der Waals surface area contributed by atoms with Gasteiger partial charge in [0.25, 0.3) is 11.5 Å². The minimum Gasteiger partial charge on any atom is -0.377 e. The Bertz CT molecular complexity index is 2220. The molecule has 18 heteroatoms. The summed E-state index contributed by atoms with van der Waals surface area (Å²) in [7, 11) is 0. The number of hydrogen-bond acceptors (Lipinski definition) is 9. The van der Waals surface area contributed by atoms with Crippen LogP contribution in [-0.4, -0.2) is 89.9 Å². The molecule has 5 aromatic rings. The van der Waals surface area contributed by atoms with Crippen molar-refractivity contribution in [2.45, 2.75) is 32.5 Å². The molecule has 1 fully saturated rings. The van der Waals surface area contributed by atoms with Crippen LogP contribution < -0.4 is 15.8 Å². The lowest BCUT2D eigenvalue weighted by Crippen LogP contribution is -2.51. The average Bonchev–Trinajstić information content (AvgIpc) is 3.78. The molecule has 6 heterocycles. The van der Waals surface area contributed by atoms with Gasteiger partial charge in [-0.25, -0.2) is 9.50 Å². The largest absolute Gasteiger partial charge is 0.416 e. The Balaban J connectivity index is 1.21. The van der Waals surface area contributed by atoms with Gasteiger partial charge in [0, 0.05) is 26.2 Å². The van der Waals surface area contributed by atoms with E-state index < -0.39 is 23.2 Å². The van der Waals surface area contributed by atoms with Crippen LogP contribution in [0.5, 0.6) is 0 Å². The highest BCUT2D eigenvalue weighted by atomic mass is 35.5. The van der Waals surface area contributed by atoms with E-state index in [1.807, 2.05) is 17.9 Å². The third kappa shape index (κ3) is 6.29. The summed E-state index contributed by atoms with van der Waals surface area (Å²) in [6.07, 6.45) is 1.19. The van der Waals surface area contributed by atoms with Crippen molar-refractivity contribution in [1.29, 1.82) is 0 Å². The van der Waals surface area contributed by atoms with Crippen LogP contribution in [-0.2, 0) is 28.7 Å². The molecular formula is C32H30ClF3N10O4. The summed E-state index contributed by atoms with van der Waals surface area (Å²) in [6, 6.07) is 6.11. The number of benzene rings is 1. The van der Waals surface area contributed by atoms with Crippen LogP contribution in [0.3, 0.4) is 0 Å². The van der Waals surface area contributed by atoms with Crippen molar-refractivity contribution in [1.82, 2.24) is 38.7 Å². The molecular weight excluding hydrogens is 681 g/mol. The number of anilines is 2. The summed E-state index contributed by atoms with van der Waals surface area (Å²) in [5, 5.41) is 11.0. The summed E-state index contributed by atoms with van der Waals surface area (Å²) in [6.45, 7) is 3.54. The third-order valence-electron chi connectivity index (χ3n) is 8.68. The van der Waals surface area contributed by atoms with E-state index in [1.165, 1.54) is 10.8 Å². The number of ether oxygens (including phenoxy) is 1. The van der Waals surface area contributed by atoms with Crippen molar-refractivity contribution in [2.24, 2.45) is 0 Å². The Hall–Kier alpha value is -5.29. The maximum Gasteiger partial charge on any atom is 0.416 e. The molecule has 1 saturated heterocycles. The van der Waals surface area contributed by atoms with E-state index in [-0.39, 0.29) is 34.6 Å². The highest BCUT2D eigenvalue weighted by molar-refractivity contribution is 6.33. The quantitative estimate of drug-likeness (QED) is 0.268. The van der Waals surface area contributed by atoms with E-state index >= 15 is 0 Å². The number of nitrogens with one attached hydrogen (secondary N) is 1. The van der Waals surface area contributed by atoms with Gasteiger partial charge in [-0.05, 0) is 48.7 Å². The molecule has 0 spiro atoms. The summed E-state index contributed by atoms with van der Waals surface area (Å²) < 4.78 is 49.3. The molecule has 14 nitrogen and oxygen atoms in total. The van der Waals surface area contributed by atoms with Crippen LogP contribution in [0.4, 0.5) is 24.5 Å². The number of carbonyl (C=O) groups excluding carboxylic acids is 2. The van der Waals surface area contributed by atoms with E-state index in [4.69, 9.17) is 16.3 Å². The van der Waals surface area contributed by atoms with Gasteiger partial charge >= 0.3 is 6.18 Å². The van der Waals surface area contributed by atoms with Crippen LogP contribution >= 0.6 is 11.6 Å². The first-order chi connectivity index (χ1) is 24.0. The van der Waals surface area contributed by atoms with Crippen LogP contribution in [0.1, 0.15) is 40.9 Å². The lowest BCUT2D eigenvalue weighted by molar-refractivity contribution is -0.137. The van der Waals surface area contributed by atoms with Gasteiger partial charge in [0.2, 0.25) is 11.7 Å². The Morgan fingerprint density at radius 3 is 2.60 bits per heavy atom. The fraction of sp³-hybridized carbons (Fsp3) is 0.344. The number of halogens is 4. The lowest BCUT2D eigenvalue weighted by Gasteiger charge is -2.36. The smallest absolute Gasteiger partial charge is 0.377 e. The number of piperazine rings is 1. The zero-order chi connectivity index (χ0) is 35.2. The second-order valence-corrected chi connectivity index (χ2v) is 12.1. The maximum absolute atomic E-state index is 14.2. The molecule has 2 aliphatic heterocycles. The molecule has 0 aliphatic carbocycles. The summed E-state index contributed by atoms with van der Waals surface area (Å²) >= 11 is 6.12. The normalized spacial score (nSPS) is 15.5. The summed E-state index contributed by atoms with van der Waals surface area (Å²) in [5.41, 5.74) is 1.23. The van der Waals surface area contributed by atoms with Gasteiger partial charge in [-0.1, -0.05) is 24.6 Å². The van der Waals surface area contributed by atoms with Gasteiger partial charge in [-0.2, -0.15) is 27.8 Å². The van der Waals surface area contributed by atoms with Gasteiger partial charge in [0.1, 0.15) is 24.3 Å². The molecule has 2 amide bonds. The minimum atomic E-state index is -4.60. The topological polar surface area (TPSA) is 144 Å². The van der Waals surface area contributed by atoms with Crippen LogP contribution in [0, 0.1) is 0 Å². The first-order valence-corrected chi connectivity index (χ1v) is 16.2. The number of alkyl halides is 3. The minimum absolute atomic E-state index is 0.00261. The van der Waals surface area contributed by atoms with E-state index in [9.17, 15) is 27.6 Å². The Labute approximate surface area is 286 Å². The van der Waals surface area contributed by atoms with Crippen molar-refractivity contribution in [3.05, 3.63) is 87.1 Å². The molecule has 4 aromatic heterocycles. The molecule has 0 saturated carbocycles. The zero-order valence-electron chi connectivity index (χ0n) is 26.7. The molecule has 0 bridgehead atoms. The predicted molar refractivity (Wildman–Crippen MR) is 176 cm³/mol. The lowest BCUT2D eigenvalue weighted by atomic mass is 10.1. The number of fused-ring (bicyclic) bond motifs is 2. The molecule has 0 atom stereocenters. The molecule has 1 aromatic carbocycles. The number of rotatable bonds is 7. The first-order valence-electron chi connectivity index (χ1n) is 15.8. The van der Waals surface area contributed by atoms with Crippen molar-refractivity contribution in [3.63, 3.8) is 0 Å². The highest BCUT2D eigenvalue weighted by Crippen LogP contribution is 2.34. The molecule has 1 N–H and O–H groups in total. The van der Waals surface area contributed by atoms with Crippen molar-refractivity contribution in [2.75, 3.05) is 49.6 Å². The summed E-state index contributed by atoms with van der Waals surface area (Å²) in [4.78, 5) is 53.5. The van der Waals surface area contributed by atoms with Crippen molar-refractivity contribution >= 4 is 51.7 Å². The van der Waals surface area contributed by atoms with Crippen molar-refractivity contribution in [3.8, 4) is 0 Å². The average molecular weight is 711 g/mol. The first kappa shape index (κ1) is 33.2. The monoisotopic (exact) mass is 710 g/mol. The van der Waals surface area contributed by atoms with E-state index in [2.05, 4.69) is 25.5 Å². The standard InChI is InChI=1S/C32H30ClF3N10O4/c1-2-25-27(42-9-11-43(12-10-42)29(48)24-16-21-5-8-38-45(21)18-37-24)30(49)46-31(40-28(41-46)19-6-13-50-14-7-19)44(25)17-26(47)39-23-4-3-20(15-22(23)33)32(34,35)36/h3-6,8,15-16,18H,2,7,9-14,17H2,1H3,(H,39,47). The number of amides is 2. The number of hydrogen-bond donors (Lipinski definition) is 1. The Morgan fingerprint density at radius 2 is 1.90 bits per heavy atom. The third-order valence-corrected chi connectivity index (χ3v) is 8.99. The predicted octanol–water partition coefficient (Wildman–Crippen LogP) is 3.57. The van der Waals surface area contributed by atoms with E-state index in [0.29, 0.717) is 69.4 Å². The Kier molecular flexibility index (Phi) is 8.77. The van der Waals surface area contributed by atoms with Gasteiger partial charge in [-0.3, -0.25) is 14.4 Å². The summed E-state index contributed by atoms with van der Waals surface area (Å²) in [5.74, 6) is -0.406. The second-order valence-electron chi connectivity index (χ2n) is 11.7. The van der Waals surface area contributed by atoms with Gasteiger partial charge in [-0.15, -0.1) is 5.10 Å². The molecule has 50 heavy (non-hydrogen) atoms. The van der Waals surface area contributed by atoms with Gasteiger partial charge in [0.15, 0.2) is 5.82 Å². The van der Waals surface area contributed by atoms with Crippen LogP contribution in [0.2, 0.25) is 5.02 Å². The molecule has 0 unspecified atom stereocenters. The van der Waals surface area contributed by atoms with E-state index in [1.54, 1.807) is 32.3 Å². The fourth-order valence-corrected chi connectivity index (χ4v) is 6.39. The number of nitrogens with zero attached hydrogens (tertiary/aromatic N) is 9. The van der Waals surface area contributed by atoms with Crippen LogP contribution in [0.15, 0.2) is 53.7 Å². The number of carbonyl (C=O) groups is 2. The van der Waals surface area contributed by atoms with E-state index in [0.717, 1.165) is 29.3 Å². The highest BCUT2D eigenvalue weighted by Gasteiger charge is 2.32. The molecule has 2 aliphatic rings. The SMILES string of the molecule is CCc1c(N2CCN(C(=O)c3cc4ccnn4cn3)CC2)c(=O)n2nc(C3=CCOCC3)nc2n1CC(=O)Nc1ccc(C(F)(F)F)cc1Cl.